The first-order chi connectivity index (χ1) is 11.7. The molecule has 25 heavy (non-hydrogen) atoms. The van der Waals surface area contributed by atoms with Crippen molar-refractivity contribution in [3.05, 3.63) is 0 Å². The van der Waals surface area contributed by atoms with Crippen LogP contribution in [0.25, 0.3) is 0 Å². The van der Waals surface area contributed by atoms with E-state index in [-0.39, 0.29) is 59.6 Å². The van der Waals surface area contributed by atoms with Crippen LogP contribution in [-0.2, 0) is 9.53 Å². The van der Waals surface area contributed by atoms with Crippen molar-refractivity contribution in [3.63, 3.8) is 0 Å². The normalized spacial score (nSPS) is 11.8. The largest absolute Gasteiger partial charge is 1.00 e. The maximum absolute atomic E-state index is 11.0. The number of hydrogen-bond donors (Lipinski definition) is 1. The third-order valence-electron chi connectivity index (χ3n) is 4.58. The fourth-order valence-electron chi connectivity index (χ4n) is 2.94. The van der Waals surface area contributed by atoms with Crippen LogP contribution in [-0.4, -0.2) is 23.8 Å². The average molecular weight is 429 g/mol. The Bertz CT molecular complexity index is 276. The summed E-state index contributed by atoms with van der Waals surface area (Å²) in [6.45, 7) is 4.16. The average Bonchev–Trinajstić information content (AvgIpc) is 2.57. The maximum Gasteiger partial charge on any atom is 1.00 e. The minimum Gasteiger partial charge on any atom is -1.00 e. The number of carbonyl (C=O) groups excluding carboxylic acids is 1. The van der Waals surface area contributed by atoms with Crippen LogP contribution in [0.2, 0.25) is 0 Å². The van der Waals surface area contributed by atoms with E-state index in [1.54, 1.807) is 0 Å². The quantitative estimate of drug-likeness (QED) is 0.269. The molecular weight excluding hydrogens is 386 g/mol. The second kappa shape index (κ2) is 23.3. The summed E-state index contributed by atoms with van der Waals surface area (Å²) in [4.78, 5) is 11.0. The van der Waals surface area contributed by atoms with Gasteiger partial charge in [0, 0.05) is 0 Å². The summed E-state index contributed by atoms with van der Waals surface area (Å²) in [6, 6.07) is 0. The molecule has 0 fully saturated rings. The van der Waals surface area contributed by atoms with Gasteiger partial charge in [0.05, 0.1) is 6.61 Å². The van der Waals surface area contributed by atoms with Crippen LogP contribution >= 0.6 is 0 Å². The Morgan fingerprint density at radius 1 is 0.760 bits per heavy atom. The van der Waals surface area contributed by atoms with Gasteiger partial charge in [0.2, 0.25) is 0 Å². The number of carbonyl (C=O) groups is 1. The molecule has 0 amide bonds. The van der Waals surface area contributed by atoms with Crippen LogP contribution in [0.5, 0.6) is 0 Å². The first-order valence-electron chi connectivity index (χ1n) is 10.5. The summed E-state index contributed by atoms with van der Waals surface area (Å²) in [5, 5.41) is 8.98. The molecule has 0 aromatic rings. The van der Waals surface area contributed by atoms with Gasteiger partial charge in [-0.05, 0) is 13.3 Å². The fourth-order valence-corrected chi connectivity index (χ4v) is 2.94. The van der Waals surface area contributed by atoms with E-state index in [0.29, 0.717) is 6.61 Å². The zero-order chi connectivity index (χ0) is 17.9. The van der Waals surface area contributed by atoms with E-state index in [4.69, 9.17) is 9.84 Å². The van der Waals surface area contributed by atoms with Gasteiger partial charge >= 0.3 is 64.2 Å². The van der Waals surface area contributed by atoms with Crippen LogP contribution in [0.3, 0.4) is 0 Å². The Morgan fingerprint density at radius 2 is 1.08 bits per heavy atom. The predicted octanol–water partition coefficient (Wildman–Crippen LogP) is 3.29. The van der Waals surface area contributed by atoms with Gasteiger partial charge in [0.1, 0.15) is 6.10 Å². The molecule has 0 aromatic carbocycles. The van der Waals surface area contributed by atoms with Crippen molar-refractivity contribution in [3.8, 4) is 0 Å². The van der Waals surface area contributed by atoms with E-state index in [0.717, 1.165) is 12.8 Å². The Hall–Kier alpha value is 1.24. The summed E-state index contributed by atoms with van der Waals surface area (Å²) in [5.41, 5.74) is 0. The summed E-state index contributed by atoms with van der Waals surface area (Å²) in [5.74, 6) is -0.504. The van der Waals surface area contributed by atoms with E-state index in [2.05, 4.69) is 6.92 Å². The predicted molar refractivity (Wildman–Crippen MR) is 103 cm³/mol. The second-order valence-corrected chi connectivity index (χ2v) is 7.15. The molecule has 0 rings (SSSR count). The Kier molecular flexibility index (Phi) is 26.5. The number of ether oxygens (including phenoxy) is 1. The third kappa shape index (κ3) is 23.2. The second-order valence-electron chi connectivity index (χ2n) is 7.15. The van der Waals surface area contributed by atoms with Gasteiger partial charge in [-0.1, -0.05) is 103 Å². The van der Waals surface area contributed by atoms with Gasteiger partial charge in [0.25, 0.3) is 0 Å². The van der Waals surface area contributed by atoms with Crippen LogP contribution in [0.15, 0.2) is 0 Å². The van der Waals surface area contributed by atoms with E-state index in [9.17, 15) is 4.79 Å². The van der Waals surface area contributed by atoms with E-state index in [1.165, 1.54) is 96.8 Å². The minimum absolute atomic E-state index is 0. The first kappa shape index (κ1) is 28.4. The first-order valence-corrected chi connectivity index (χ1v) is 10.5. The molecule has 0 aliphatic rings. The molecule has 4 heteroatoms. The number of rotatable bonds is 18. The van der Waals surface area contributed by atoms with E-state index in [1.807, 2.05) is 0 Å². The third-order valence-corrected chi connectivity index (χ3v) is 4.58. The van der Waals surface area contributed by atoms with Gasteiger partial charge in [-0.2, -0.15) is 0 Å². The summed E-state index contributed by atoms with van der Waals surface area (Å²) >= 11 is 0. The standard InChI is InChI=1S/C21H42O3.Rb.H/c1-3-4-5-6-7-8-9-10-11-12-13-14-15-16-17-18-19-24-21(23)20(2)22;;/h20,22H,3-19H2,1-2H3;;/q;+1;-1. The molecular formula is C21H43O3Rb. The van der Waals surface area contributed by atoms with Gasteiger partial charge < -0.3 is 11.3 Å². The zero-order valence-electron chi connectivity index (χ0n) is 18.4. The number of aliphatic hydroxyl groups is 1. The van der Waals surface area contributed by atoms with Crippen molar-refractivity contribution in [1.82, 2.24) is 0 Å². The molecule has 0 aliphatic carbocycles. The maximum atomic E-state index is 11.0. The summed E-state index contributed by atoms with van der Waals surface area (Å²) in [7, 11) is 0. The van der Waals surface area contributed by atoms with Crippen molar-refractivity contribution >= 4 is 5.97 Å². The van der Waals surface area contributed by atoms with Crippen molar-refractivity contribution in [2.24, 2.45) is 0 Å². The van der Waals surface area contributed by atoms with Gasteiger partial charge in [0.15, 0.2) is 0 Å². The molecule has 0 aliphatic heterocycles. The van der Waals surface area contributed by atoms with E-state index < -0.39 is 12.1 Å². The van der Waals surface area contributed by atoms with Crippen molar-refractivity contribution in [2.45, 2.75) is 123 Å². The number of hydrogen-bond acceptors (Lipinski definition) is 3. The molecule has 0 radical (unpaired) electrons. The summed E-state index contributed by atoms with van der Waals surface area (Å²) < 4.78 is 4.93. The van der Waals surface area contributed by atoms with Crippen LogP contribution < -0.4 is 58.2 Å². The SMILES string of the molecule is CCCCCCCCCCCCCCCCCCOC(=O)C(C)O.[H-].[Rb+]. The molecule has 0 heterocycles. The Labute approximate surface area is 207 Å². The molecule has 146 valence electrons. The molecule has 1 N–H and O–H groups in total. The molecule has 3 nitrogen and oxygen atoms in total. The van der Waals surface area contributed by atoms with Gasteiger partial charge in [-0.3, -0.25) is 0 Å². The molecule has 1 unspecified atom stereocenters. The minimum atomic E-state index is -0.994. The molecule has 1 atom stereocenters. The zero-order valence-corrected chi connectivity index (χ0v) is 22.3. The monoisotopic (exact) mass is 428 g/mol. The topological polar surface area (TPSA) is 46.5 Å². The summed E-state index contributed by atoms with van der Waals surface area (Å²) in [6.07, 6.45) is 20.4. The number of esters is 1. The fraction of sp³-hybridized carbons (Fsp3) is 0.952. The van der Waals surface area contributed by atoms with Crippen molar-refractivity contribution in [1.29, 1.82) is 0 Å². The molecule has 0 spiro atoms. The Morgan fingerprint density at radius 3 is 1.40 bits per heavy atom. The molecule has 0 bridgehead atoms. The van der Waals surface area contributed by atoms with Crippen LogP contribution in [0.1, 0.15) is 118 Å². The van der Waals surface area contributed by atoms with Crippen molar-refractivity contribution in [2.75, 3.05) is 6.61 Å². The molecule has 0 aromatic heterocycles. The van der Waals surface area contributed by atoms with Crippen molar-refractivity contribution < 1.29 is 74.3 Å². The van der Waals surface area contributed by atoms with E-state index >= 15 is 0 Å². The number of aliphatic hydroxyl groups excluding tert-OH is 1. The Balaban J connectivity index is -0.00000264. The smallest absolute Gasteiger partial charge is 1.00 e. The molecule has 0 saturated carbocycles. The van der Waals surface area contributed by atoms with Gasteiger partial charge in [-0.15, -0.1) is 0 Å². The molecule has 0 saturated heterocycles. The number of unbranched alkanes of at least 4 members (excludes halogenated alkanes) is 15. The van der Waals surface area contributed by atoms with Crippen LogP contribution in [0, 0.1) is 0 Å². The van der Waals surface area contributed by atoms with Crippen LogP contribution in [0.4, 0.5) is 0 Å². The van der Waals surface area contributed by atoms with Gasteiger partial charge in [-0.25, -0.2) is 4.79 Å².